The number of aryl methyl sites for hydroxylation is 1. The van der Waals surface area contributed by atoms with Crippen LogP contribution in [0.4, 0.5) is 5.13 Å². The first kappa shape index (κ1) is 20.0. The van der Waals surface area contributed by atoms with E-state index in [1.54, 1.807) is 23.1 Å². The van der Waals surface area contributed by atoms with Gasteiger partial charge in [-0.3, -0.25) is 14.3 Å². The summed E-state index contributed by atoms with van der Waals surface area (Å²) >= 11 is 1.49. The predicted molar refractivity (Wildman–Crippen MR) is 121 cm³/mol. The van der Waals surface area contributed by atoms with Crippen LogP contribution >= 0.6 is 11.3 Å². The van der Waals surface area contributed by atoms with E-state index in [2.05, 4.69) is 13.0 Å². The minimum atomic E-state index is -0.538. The first-order chi connectivity index (χ1) is 15.1. The Morgan fingerprint density at radius 2 is 2.13 bits per heavy atom. The number of fused-ring (bicyclic) bond motifs is 2. The van der Waals surface area contributed by atoms with Crippen molar-refractivity contribution in [1.82, 2.24) is 9.55 Å². The van der Waals surface area contributed by atoms with Gasteiger partial charge in [0.15, 0.2) is 10.7 Å². The van der Waals surface area contributed by atoms with Crippen LogP contribution in [0.5, 0.6) is 0 Å². The highest BCUT2D eigenvalue weighted by Gasteiger charge is 2.27. The molecule has 0 aliphatic carbocycles. The molecule has 1 amide bonds. The maximum atomic E-state index is 13.5. The van der Waals surface area contributed by atoms with Gasteiger partial charge < -0.3 is 9.15 Å². The number of thiazole rings is 1. The molecule has 1 aliphatic rings. The fraction of sp³-hybridized carbons (Fsp3) is 0.348. The summed E-state index contributed by atoms with van der Waals surface area (Å²) in [5.41, 5.74) is 3.16. The number of hydrogen-bond acceptors (Lipinski definition) is 6. The normalized spacial score (nSPS) is 16.4. The molecule has 1 fully saturated rings. The molecule has 0 bridgehead atoms. The van der Waals surface area contributed by atoms with Crippen molar-refractivity contribution in [2.45, 2.75) is 38.8 Å². The van der Waals surface area contributed by atoms with Gasteiger partial charge in [0, 0.05) is 6.61 Å². The van der Waals surface area contributed by atoms with Gasteiger partial charge in [-0.1, -0.05) is 42.5 Å². The fourth-order valence-electron chi connectivity index (χ4n) is 4.06. The molecular weight excluding hydrogens is 414 g/mol. The van der Waals surface area contributed by atoms with E-state index < -0.39 is 5.76 Å². The summed E-state index contributed by atoms with van der Waals surface area (Å²) in [5.74, 6) is -0.745. The average molecular weight is 438 g/mol. The molecule has 2 aromatic heterocycles. The van der Waals surface area contributed by atoms with Crippen LogP contribution in [0.15, 0.2) is 51.7 Å². The highest BCUT2D eigenvalue weighted by Crippen LogP contribution is 2.32. The molecule has 2 aromatic carbocycles. The number of aromatic nitrogens is 2. The Bertz CT molecular complexity index is 1300. The standard InChI is InChI=1S/C23H23N3O4S/c1-2-15-7-5-11-19-21(15)24-22(31-19)26(13-16-8-6-12-29-16)20(27)14-25-17-9-3-4-10-18(17)30-23(25)28/h3-5,7,9-11,16H,2,6,8,12-14H2,1H3. The predicted octanol–water partition coefficient (Wildman–Crippen LogP) is 3.98. The lowest BCUT2D eigenvalue weighted by Gasteiger charge is -2.23. The second-order valence-electron chi connectivity index (χ2n) is 7.68. The number of nitrogens with zero attached hydrogens (tertiary/aromatic N) is 3. The monoisotopic (exact) mass is 437 g/mol. The van der Waals surface area contributed by atoms with Crippen LogP contribution in [0, 0.1) is 0 Å². The van der Waals surface area contributed by atoms with Crippen molar-refractivity contribution < 1.29 is 13.9 Å². The lowest BCUT2D eigenvalue weighted by molar-refractivity contribution is -0.119. The number of carbonyl (C=O) groups is 1. The summed E-state index contributed by atoms with van der Waals surface area (Å²) in [5, 5.41) is 0.636. The summed E-state index contributed by atoms with van der Waals surface area (Å²) in [6, 6.07) is 13.2. The van der Waals surface area contributed by atoms with Crippen molar-refractivity contribution in [3.8, 4) is 0 Å². The van der Waals surface area contributed by atoms with Gasteiger partial charge in [0.2, 0.25) is 5.91 Å². The van der Waals surface area contributed by atoms with Crippen molar-refractivity contribution in [2.75, 3.05) is 18.1 Å². The van der Waals surface area contributed by atoms with E-state index >= 15 is 0 Å². The van der Waals surface area contributed by atoms with Crippen LogP contribution in [-0.2, 0) is 22.5 Å². The second kappa shape index (κ2) is 8.28. The van der Waals surface area contributed by atoms with Gasteiger partial charge in [-0.05, 0) is 43.0 Å². The summed E-state index contributed by atoms with van der Waals surface area (Å²) < 4.78 is 13.5. The van der Waals surface area contributed by atoms with E-state index in [9.17, 15) is 9.59 Å². The van der Waals surface area contributed by atoms with Gasteiger partial charge >= 0.3 is 5.76 Å². The molecule has 0 saturated carbocycles. The van der Waals surface area contributed by atoms with Crippen LogP contribution < -0.4 is 10.7 Å². The van der Waals surface area contributed by atoms with Crippen LogP contribution in [0.2, 0.25) is 0 Å². The zero-order chi connectivity index (χ0) is 21.4. The zero-order valence-electron chi connectivity index (χ0n) is 17.2. The summed E-state index contributed by atoms with van der Waals surface area (Å²) in [6.07, 6.45) is 2.73. The van der Waals surface area contributed by atoms with Gasteiger partial charge in [-0.15, -0.1) is 0 Å². The van der Waals surface area contributed by atoms with E-state index in [4.69, 9.17) is 14.1 Å². The number of para-hydroxylation sites is 3. The van der Waals surface area contributed by atoms with Gasteiger partial charge in [0.25, 0.3) is 0 Å². The topological polar surface area (TPSA) is 77.6 Å². The summed E-state index contributed by atoms with van der Waals surface area (Å²) in [7, 11) is 0. The number of benzene rings is 2. The number of rotatable bonds is 6. The van der Waals surface area contributed by atoms with E-state index in [0.29, 0.717) is 29.4 Å². The molecule has 7 nitrogen and oxygen atoms in total. The van der Waals surface area contributed by atoms with E-state index in [1.807, 2.05) is 18.2 Å². The summed E-state index contributed by atoms with van der Waals surface area (Å²) in [6.45, 7) is 3.11. The SMILES string of the molecule is CCc1cccc2sc(N(CC3CCCO3)C(=O)Cn3c(=O)oc4ccccc43)nc12. The van der Waals surface area contributed by atoms with Crippen LogP contribution in [-0.4, -0.2) is 34.7 Å². The Balaban J connectivity index is 1.52. The first-order valence-corrected chi connectivity index (χ1v) is 11.3. The van der Waals surface area contributed by atoms with Gasteiger partial charge in [0.05, 0.1) is 28.4 Å². The van der Waals surface area contributed by atoms with E-state index in [-0.39, 0.29) is 18.6 Å². The number of hydrogen-bond donors (Lipinski definition) is 0. The van der Waals surface area contributed by atoms with E-state index in [1.165, 1.54) is 15.9 Å². The van der Waals surface area contributed by atoms with Crippen molar-refractivity contribution in [3.63, 3.8) is 0 Å². The van der Waals surface area contributed by atoms with Crippen molar-refractivity contribution in [1.29, 1.82) is 0 Å². The molecule has 1 saturated heterocycles. The first-order valence-electron chi connectivity index (χ1n) is 10.5. The Morgan fingerprint density at radius 3 is 2.94 bits per heavy atom. The molecule has 3 heterocycles. The number of amides is 1. The largest absolute Gasteiger partial charge is 0.420 e. The third kappa shape index (κ3) is 3.77. The molecule has 0 spiro atoms. The van der Waals surface area contributed by atoms with Gasteiger partial charge in [-0.25, -0.2) is 9.78 Å². The quantitative estimate of drug-likeness (QED) is 0.456. The number of carbonyl (C=O) groups excluding carboxylic acids is 1. The molecule has 1 unspecified atom stereocenters. The molecule has 160 valence electrons. The Kier molecular flexibility index (Phi) is 5.33. The smallest absolute Gasteiger partial charge is 0.408 e. The maximum absolute atomic E-state index is 13.5. The maximum Gasteiger partial charge on any atom is 0.420 e. The molecule has 0 radical (unpaired) electrons. The van der Waals surface area contributed by atoms with E-state index in [0.717, 1.165) is 35.0 Å². The average Bonchev–Trinajstić information content (AvgIpc) is 3.51. The number of anilines is 1. The minimum Gasteiger partial charge on any atom is -0.408 e. The highest BCUT2D eigenvalue weighted by atomic mass is 32.1. The number of ether oxygens (including phenoxy) is 1. The molecule has 8 heteroatoms. The third-order valence-electron chi connectivity index (χ3n) is 5.68. The Labute approximate surface area is 182 Å². The Hall–Kier alpha value is -2.97. The molecule has 1 atom stereocenters. The lowest BCUT2D eigenvalue weighted by Crippen LogP contribution is -2.40. The number of oxazole rings is 1. The van der Waals surface area contributed by atoms with Crippen LogP contribution in [0.3, 0.4) is 0 Å². The molecule has 0 N–H and O–H groups in total. The highest BCUT2D eigenvalue weighted by molar-refractivity contribution is 7.22. The van der Waals surface area contributed by atoms with Crippen LogP contribution in [0.1, 0.15) is 25.3 Å². The minimum absolute atomic E-state index is 0.0283. The molecule has 4 aromatic rings. The van der Waals surface area contributed by atoms with Crippen molar-refractivity contribution in [2.24, 2.45) is 0 Å². The fourth-order valence-corrected chi connectivity index (χ4v) is 5.10. The lowest BCUT2D eigenvalue weighted by atomic mass is 10.1. The second-order valence-corrected chi connectivity index (χ2v) is 8.68. The van der Waals surface area contributed by atoms with Gasteiger partial charge in [-0.2, -0.15) is 0 Å². The zero-order valence-corrected chi connectivity index (χ0v) is 18.1. The molecule has 1 aliphatic heterocycles. The summed E-state index contributed by atoms with van der Waals surface area (Å²) in [4.78, 5) is 32.3. The van der Waals surface area contributed by atoms with Gasteiger partial charge in [0.1, 0.15) is 6.54 Å². The van der Waals surface area contributed by atoms with Crippen LogP contribution in [0.25, 0.3) is 21.3 Å². The molecule has 5 rings (SSSR count). The Morgan fingerprint density at radius 1 is 1.26 bits per heavy atom. The molecule has 31 heavy (non-hydrogen) atoms. The molecular formula is C23H23N3O4S. The van der Waals surface area contributed by atoms with Crippen molar-refractivity contribution >= 4 is 43.7 Å². The third-order valence-corrected chi connectivity index (χ3v) is 6.72. The van der Waals surface area contributed by atoms with Crippen molar-refractivity contribution in [3.05, 3.63) is 58.6 Å².